The maximum atomic E-state index is 12.5. The number of aryl methyl sites for hydroxylation is 1. The number of rotatable bonds is 4. The van der Waals surface area contributed by atoms with Crippen LogP contribution >= 0.6 is 11.6 Å². The summed E-state index contributed by atoms with van der Waals surface area (Å²) in [4.78, 5) is 12.5. The van der Waals surface area contributed by atoms with Crippen molar-refractivity contribution in [2.24, 2.45) is 0 Å². The summed E-state index contributed by atoms with van der Waals surface area (Å²) in [6.07, 6.45) is 1.19. The smallest absolute Gasteiger partial charge is 0.229 e. The Bertz CT molecular complexity index is 981. The van der Waals surface area contributed by atoms with Crippen LogP contribution in [0.25, 0.3) is 5.69 Å². The summed E-state index contributed by atoms with van der Waals surface area (Å²) in [6, 6.07) is 15.1. The van der Waals surface area contributed by atoms with Crippen LogP contribution < -0.4 is 10.1 Å². The fourth-order valence-corrected chi connectivity index (χ4v) is 3.30. The highest BCUT2D eigenvalue weighted by Gasteiger charge is 2.15. The van der Waals surface area contributed by atoms with E-state index < -0.39 is 0 Å². The molecule has 3 aromatic rings. The fourth-order valence-electron chi connectivity index (χ4n) is 3.12. The van der Waals surface area contributed by atoms with Crippen LogP contribution in [0.3, 0.4) is 0 Å². The molecule has 1 amide bonds. The highest BCUT2D eigenvalue weighted by molar-refractivity contribution is 6.30. The van der Waals surface area contributed by atoms with Crippen molar-refractivity contribution in [1.29, 1.82) is 0 Å². The molecule has 5 nitrogen and oxygen atoms in total. The van der Waals surface area contributed by atoms with Gasteiger partial charge in [0.15, 0.2) is 0 Å². The molecular formula is C20H18ClN3O2. The van der Waals surface area contributed by atoms with Crippen LogP contribution in [0, 0.1) is 6.92 Å². The Hall–Kier alpha value is -2.79. The monoisotopic (exact) mass is 367 g/mol. The normalized spacial score (nSPS) is 12.5. The first-order valence-electron chi connectivity index (χ1n) is 8.45. The van der Waals surface area contributed by atoms with E-state index in [9.17, 15) is 4.79 Å². The van der Waals surface area contributed by atoms with Crippen molar-refractivity contribution in [2.75, 3.05) is 11.9 Å². The first kappa shape index (κ1) is 16.7. The van der Waals surface area contributed by atoms with Gasteiger partial charge in [-0.2, -0.15) is 5.10 Å². The zero-order chi connectivity index (χ0) is 18.1. The van der Waals surface area contributed by atoms with Crippen LogP contribution in [0.1, 0.15) is 16.8 Å². The Labute approximate surface area is 156 Å². The Kier molecular flexibility index (Phi) is 4.39. The van der Waals surface area contributed by atoms with Gasteiger partial charge in [0.2, 0.25) is 5.91 Å². The van der Waals surface area contributed by atoms with Crippen molar-refractivity contribution < 1.29 is 9.53 Å². The molecule has 2 aromatic carbocycles. The van der Waals surface area contributed by atoms with Gasteiger partial charge in [0.05, 0.1) is 24.4 Å². The van der Waals surface area contributed by atoms with E-state index >= 15 is 0 Å². The second kappa shape index (κ2) is 6.84. The van der Waals surface area contributed by atoms with Crippen LogP contribution in [-0.2, 0) is 17.6 Å². The van der Waals surface area contributed by atoms with Gasteiger partial charge >= 0.3 is 0 Å². The second-order valence-corrected chi connectivity index (χ2v) is 6.76. The minimum absolute atomic E-state index is 0.0907. The Morgan fingerprint density at radius 2 is 2.15 bits per heavy atom. The molecular weight excluding hydrogens is 350 g/mol. The van der Waals surface area contributed by atoms with Gasteiger partial charge in [-0.1, -0.05) is 29.8 Å². The summed E-state index contributed by atoms with van der Waals surface area (Å²) in [6.45, 7) is 2.60. The largest absolute Gasteiger partial charge is 0.493 e. The predicted molar refractivity (Wildman–Crippen MR) is 101 cm³/mol. The number of benzene rings is 2. The lowest BCUT2D eigenvalue weighted by Crippen LogP contribution is -2.17. The van der Waals surface area contributed by atoms with Gasteiger partial charge in [-0.15, -0.1) is 0 Å². The average Bonchev–Trinajstić information content (AvgIpc) is 3.20. The molecule has 0 aliphatic carbocycles. The molecule has 6 heteroatoms. The van der Waals surface area contributed by atoms with E-state index in [-0.39, 0.29) is 5.91 Å². The summed E-state index contributed by atoms with van der Waals surface area (Å²) >= 11 is 6.07. The number of nitrogens with zero attached hydrogens (tertiary/aromatic N) is 2. The zero-order valence-corrected chi connectivity index (χ0v) is 15.1. The fraction of sp³-hybridized carbons (Fsp3) is 0.200. The summed E-state index contributed by atoms with van der Waals surface area (Å²) < 4.78 is 7.20. The molecule has 0 bridgehead atoms. The molecule has 0 atom stereocenters. The van der Waals surface area contributed by atoms with Gasteiger partial charge in [-0.25, -0.2) is 4.68 Å². The molecule has 1 aromatic heterocycles. The SMILES string of the molecule is Cc1cc(NC(=O)Cc2ccc3c(c2)CCO3)n(-c2cccc(Cl)c2)n1. The number of halogens is 1. The van der Waals surface area contributed by atoms with Crippen molar-refractivity contribution in [3.63, 3.8) is 0 Å². The summed E-state index contributed by atoms with van der Waals surface area (Å²) in [5.74, 6) is 1.45. The number of aromatic nitrogens is 2. The van der Waals surface area contributed by atoms with Gasteiger partial charge in [-0.05, 0) is 42.3 Å². The van der Waals surface area contributed by atoms with E-state index in [0.29, 0.717) is 23.9 Å². The number of amides is 1. The third-order valence-corrected chi connectivity index (χ3v) is 4.51. The lowest BCUT2D eigenvalue weighted by molar-refractivity contribution is -0.115. The lowest BCUT2D eigenvalue weighted by Gasteiger charge is -2.10. The highest BCUT2D eigenvalue weighted by Crippen LogP contribution is 2.26. The van der Waals surface area contributed by atoms with Crippen molar-refractivity contribution >= 4 is 23.3 Å². The molecule has 0 saturated carbocycles. The van der Waals surface area contributed by atoms with Crippen molar-refractivity contribution in [1.82, 2.24) is 9.78 Å². The Balaban J connectivity index is 1.53. The van der Waals surface area contributed by atoms with Crippen molar-refractivity contribution in [3.05, 3.63) is 70.4 Å². The van der Waals surface area contributed by atoms with Gasteiger partial charge < -0.3 is 10.1 Å². The summed E-state index contributed by atoms with van der Waals surface area (Å²) in [5.41, 5.74) is 3.75. The average molecular weight is 368 g/mol. The van der Waals surface area contributed by atoms with Gasteiger partial charge in [0.1, 0.15) is 11.6 Å². The standard InChI is InChI=1S/C20H18ClN3O2/c1-13-9-19(24(23-13)17-4-2-3-16(21)12-17)22-20(25)11-14-5-6-18-15(10-14)7-8-26-18/h2-6,9-10,12H,7-8,11H2,1H3,(H,22,25). The van der Waals surface area contributed by atoms with E-state index in [1.165, 1.54) is 0 Å². The van der Waals surface area contributed by atoms with Crippen molar-refractivity contribution in [2.45, 2.75) is 19.8 Å². The van der Waals surface area contributed by atoms with E-state index in [4.69, 9.17) is 16.3 Å². The van der Waals surface area contributed by atoms with Gasteiger partial charge in [0.25, 0.3) is 0 Å². The lowest BCUT2D eigenvalue weighted by atomic mass is 10.1. The predicted octanol–water partition coefficient (Wildman–Crippen LogP) is 3.95. The number of hydrogen-bond donors (Lipinski definition) is 1. The van der Waals surface area contributed by atoms with Gasteiger partial charge in [-0.3, -0.25) is 4.79 Å². The number of nitrogens with one attached hydrogen (secondary N) is 1. The van der Waals surface area contributed by atoms with Crippen LogP contribution in [-0.4, -0.2) is 22.3 Å². The third-order valence-electron chi connectivity index (χ3n) is 4.27. The van der Waals surface area contributed by atoms with E-state index in [1.807, 2.05) is 49.4 Å². The molecule has 1 N–H and O–H groups in total. The molecule has 1 aliphatic rings. The highest BCUT2D eigenvalue weighted by atomic mass is 35.5. The number of hydrogen-bond acceptors (Lipinski definition) is 3. The first-order chi connectivity index (χ1) is 12.6. The molecule has 2 heterocycles. The topological polar surface area (TPSA) is 56.1 Å². The zero-order valence-electron chi connectivity index (χ0n) is 14.3. The third kappa shape index (κ3) is 3.44. The molecule has 4 rings (SSSR count). The van der Waals surface area contributed by atoms with E-state index in [1.54, 1.807) is 10.7 Å². The van der Waals surface area contributed by atoms with E-state index in [2.05, 4.69) is 10.4 Å². The van der Waals surface area contributed by atoms with Crippen LogP contribution in [0.2, 0.25) is 5.02 Å². The minimum atomic E-state index is -0.0907. The van der Waals surface area contributed by atoms with Crippen LogP contribution in [0.15, 0.2) is 48.5 Å². The maximum Gasteiger partial charge on any atom is 0.229 e. The first-order valence-corrected chi connectivity index (χ1v) is 8.83. The van der Waals surface area contributed by atoms with Crippen LogP contribution in [0.4, 0.5) is 5.82 Å². The summed E-state index contributed by atoms with van der Waals surface area (Å²) in [7, 11) is 0. The number of anilines is 1. The second-order valence-electron chi connectivity index (χ2n) is 6.33. The number of carbonyl (C=O) groups is 1. The van der Waals surface area contributed by atoms with E-state index in [0.717, 1.165) is 34.7 Å². The van der Waals surface area contributed by atoms with Crippen molar-refractivity contribution in [3.8, 4) is 11.4 Å². The number of ether oxygens (including phenoxy) is 1. The maximum absolute atomic E-state index is 12.5. The number of fused-ring (bicyclic) bond motifs is 1. The summed E-state index contributed by atoms with van der Waals surface area (Å²) in [5, 5.41) is 8.03. The quantitative estimate of drug-likeness (QED) is 0.759. The molecule has 26 heavy (non-hydrogen) atoms. The molecule has 0 spiro atoms. The minimum Gasteiger partial charge on any atom is -0.493 e. The Morgan fingerprint density at radius 3 is 3.00 bits per heavy atom. The molecule has 0 fully saturated rings. The number of carbonyl (C=O) groups excluding carboxylic acids is 1. The van der Waals surface area contributed by atoms with Crippen LogP contribution in [0.5, 0.6) is 5.75 Å². The Morgan fingerprint density at radius 1 is 1.27 bits per heavy atom. The molecule has 0 saturated heterocycles. The molecule has 1 aliphatic heterocycles. The molecule has 0 unspecified atom stereocenters. The molecule has 132 valence electrons. The van der Waals surface area contributed by atoms with Gasteiger partial charge in [0, 0.05) is 17.5 Å². The molecule has 0 radical (unpaired) electrons.